The third-order valence-electron chi connectivity index (χ3n) is 2.24. The molecular weight excluding hydrogens is 195 g/mol. The van der Waals surface area contributed by atoms with Gasteiger partial charge in [0.05, 0.1) is 29.0 Å². The molecule has 0 spiro atoms. The smallest absolute Gasteiger partial charge is 0.167 e. The first kappa shape index (κ1) is 9.98. The molecule has 0 saturated carbocycles. The molecule has 0 bridgehead atoms. The zero-order chi connectivity index (χ0) is 10.8. The Bertz CT molecular complexity index is 487. The number of para-hydroxylation sites is 2. The first-order chi connectivity index (χ1) is 7.22. The van der Waals surface area contributed by atoms with E-state index in [-0.39, 0.29) is 5.69 Å². The Morgan fingerprint density at radius 1 is 1.27 bits per heavy atom. The molecule has 15 heavy (non-hydrogen) atoms. The molecule has 0 amide bonds. The van der Waals surface area contributed by atoms with Gasteiger partial charge in [-0.3, -0.25) is 0 Å². The molecule has 1 heterocycles. The predicted octanol–water partition coefficient (Wildman–Crippen LogP) is 1.94. The molecule has 0 unspecified atom stereocenters. The van der Waals surface area contributed by atoms with E-state index < -0.39 is 12.8 Å². The molecule has 0 aliphatic carbocycles. The van der Waals surface area contributed by atoms with E-state index >= 15 is 0 Å². The van der Waals surface area contributed by atoms with E-state index in [1.54, 1.807) is 13.0 Å². The van der Waals surface area contributed by atoms with Gasteiger partial charge in [0, 0.05) is 0 Å². The second-order valence-corrected chi connectivity index (χ2v) is 3.33. The summed E-state index contributed by atoms with van der Waals surface area (Å²) in [6, 6.07) is 7.28. The van der Waals surface area contributed by atoms with Crippen LogP contribution in [0.4, 0.5) is 4.39 Å². The highest BCUT2D eigenvalue weighted by molar-refractivity contribution is 5.74. The van der Waals surface area contributed by atoms with Gasteiger partial charge in [0.1, 0.15) is 0 Å². The van der Waals surface area contributed by atoms with Crippen LogP contribution in [0.15, 0.2) is 24.3 Å². The van der Waals surface area contributed by atoms with Crippen LogP contribution in [0.1, 0.15) is 17.6 Å². The zero-order valence-corrected chi connectivity index (χ0v) is 8.31. The minimum Gasteiger partial charge on any atom is -0.393 e. The number of aliphatic hydroxyl groups excluding tert-OH is 1. The SMILES string of the molecule is Cc1nc2ccccc2nc1[C@@H](F)CO. The molecule has 2 aromatic rings. The molecule has 0 radical (unpaired) electrons. The third-order valence-corrected chi connectivity index (χ3v) is 2.24. The monoisotopic (exact) mass is 206 g/mol. The van der Waals surface area contributed by atoms with E-state index in [1.165, 1.54) is 0 Å². The average Bonchev–Trinajstić information content (AvgIpc) is 2.27. The van der Waals surface area contributed by atoms with Gasteiger partial charge < -0.3 is 5.11 Å². The fourth-order valence-corrected chi connectivity index (χ4v) is 1.49. The number of nitrogens with zero attached hydrogens (tertiary/aromatic N) is 2. The normalized spacial score (nSPS) is 13.0. The fourth-order valence-electron chi connectivity index (χ4n) is 1.49. The summed E-state index contributed by atoms with van der Waals surface area (Å²) in [5, 5.41) is 8.74. The van der Waals surface area contributed by atoms with Crippen LogP contribution in [0.3, 0.4) is 0 Å². The van der Waals surface area contributed by atoms with Gasteiger partial charge in [-0.15, -0.1) is 0 Å². The predicted molar refractivity (Wildman–Crippen MR) is 55.2 cm³/mol. The molecule has 78 valence electrons. The van der Waals surface area contributed by atoms with Crippen molar-refractivity contribution in [3.63, 3.8) is 0 Å². The topological polar surface area (TPSA) is 46.0 Å². The lowest BCUT2D eigenvalue weighted by atomic mass is 10.2. The number of benzene rings is 1. The van der Waals surface area contributed by atoms with Crippen LogP contribution in [-0.2, 0) is 0 Å². The van der Waals surface area contributed by atoms with Gasteiger partial charge in [-0.1, -0.05) is 12.1 Å². The van der Waals surface area contributed by atoms with E-state index in [9.17, 15) is 4.39 Å². The summed E-state index contributed by atoms with van der Waals surface area (Å²) >= 11 is 0. The quantitative estimate of drug-likeness (QED) is 0.816. The Morgan fingerprint density at radius 2 is 1.87 bits per heavy atom. The number of aryl methyl sites for hydroxylation is 1. The lowest BCUT2D eigenvalue weighted by Crippen LogP contribution is -2.05. The van der Waals surface area contributed by atoms with Gasteiger partial charge in [-0.05, 0) is 19.1 Å². The van der Waals surface area contributed by atoms with Crippen LogP contribution >= 0.6 is 0 Å². The van der Waals surface area contributed by atoms with Crippen molar-refractivity contribution in [2.75, 3.05) is 6.61 Å². The molecule has 0 aliphatic heterocycles. The third kappa shape index (κ3) is 1.80. The van der Waals surface area contributed by atoms with Crippen LogP contribution < -0.4 is 0 Å². The fraction of sp³-hybridized carbons (Fsp3) is 0.273. The Labute approximate surface area is 86.6 Å². The van der Waals surface area contributed by atoms with Crippen LogP contribution in [0.5, 0.6) is 0 Å². The standard InChI is InChI=1S/C11H11FN2O/c1-7-11(8(12)6-15)14-10-5-3-2-4-9(10)13-7/h2-5,8,15H,6H2,1H3/t8-/m0/s1. The molecule has 1 aromatic carbocycles. The number of alkyl halides is 1. The summed E-state index contributed by atoms with van der Waals surface area (Å²) in [5.74, 6) is 0. The molecule has 1 N–H and O–H groups in total. The summed E-state index contributed by atoms with van der Waals surface area (Å²) < 4.78 is 13.3. The van der Waals surface area contributed by atoms with Crippen LogP contribution in [0.2, 0.25) is 0 Å². The van der Waals surface area contributed by atoms with Gasteiger partial charge in [-0.25, -0.2) is 14.4 Å². The maximum atomic E-state index is 13.3. The van der Waals surface area contributed by atoms with Crippen LogP contribution in [0.25, 0.3) is 11.0 Å². The second kappa shape index (κ2) is 3.90. The number of rotatable bonds is 2. The summed E-state index contributed by atoms with van der Waals surface area (Å²) in [5.41, 5.74) is 2.13. The molecule has 1 atom stereocenters. The lowest BCUT2D eigenvalue weighted by Gasteiger charge is -2.08. The number of aromatic nitrogens is 2. The molecule has 0 saturated heterocycles. The van der Waals surface area contributed by atoms with Gasteiger partial charge in [0.15, 0.2) is 6.17 Å². The average molecular weight is 206 g/mol. The first-order valence-corrected chi connectivity index (χ1v) is 4.70. The Morgan fingerprint density at radius 3 is 2.47 bits per heavy atom. The molecule has 3 nitrogen and oxygen atoms in total. The summed E-state index contributed by atoms with van der Waals surface area (Å²) in [6.45, 7) is 1.13. The highest BCUT2D eigenvalue weighted by atomic mass is 19.1. The molecule has 4 heteroatoms. The first-order valence-electron chi connectivity index (χ1n) is 4.70. The summed E-state index contributed by atoms with van der Waals surface area (Å²) in [7, 11) is 0. The zero-order valence-electron chi connectivity index (χ0n) is 8.31. The minimum atomic E-state index is -1.46. The van der Waals surface area contributed by atoms with Gasteiger partial charge in [-0.2, -0.15) is 0 Å². The Balaban J connectivity index is 2.61. The largest absolute Gasteiger partial charge is 0.393 e. The van der Waals surface area contributed by atoms with Gasteiger partial charge >= 0.3 is 0 Å². The highest BCUT2D eigenvalue weighted by Gasteiger charge is 2.14. The van der Waals surface area contributed by atoms with Crippen molar-refractivity contribution in [2.45, 2.75) is 13.1 Å². The van der Waals surface area contributed by atoms with E-state index in [0.717, 1.165) is 5.52 Å². The van der Waals surface area contributed by atoms with E-state index in [4.69, 9.17) is 5.11 Å². The highest BCUT2D eigenvalue weighted by Crippen LogP contribution is 2.20. The molecule has 0 fully saturated rings. The summed E-state index contributed by atoms with van der Waals surface area (Å²) in [4.78, 5) is 8.38. The van der Waals surface area contributed by atoms with Crippen LogP contribution in [-0.4, -0.2) is 21.7 Å². The number of hydrogen-bond acceptors (Lipinski definition) is 3. The van der Waals surface area contributed by atoms with Crippen molar-refractivity contribution in [1.29, 1.82) is 0 Å². The second-order valence-electron chi connectivity index (χ2n) is 3.33. The van der Waals surface area contributed by atoms with Crippen molar-refractivity contribution in [3.05, 3.63) is 35.7 Å². The van der Waals surface area contributed by atoms with E-state index in [1.807, 2.05) is 18.2 Å². The summed E-state index contributed by atoms with van der Waals surface area (Å²) in [6.07, 6.45) is -1.46. The van der Waals surface area contributed by atoms with E-state index in [2.05, 4.69) is 9.97 Å². The number of aliphatic hydroxyl groups is 1. The number of hydrogen-bond donors (Lipinski definition) is 1. The molecule has 1 aromatic heterocycles. The Hall–Kier alpha value is -1.55. The maximum Gasteiger partial charge on any atom is 0.167 e. The number of fused-ring (bicyclic) bond motifs is 1. The minimum absolute atomic E-state index is 0.219. The van der Waals surface area contributed by atoms with Gasteiger partial charge in [0.2, 0.25) is 0 Å². The van der Waals surface area contributed by atoms with Crippen molar-refractivity contribution in [3.8, 4) is 0 Å². The van der Waals surface area contributed by atoms with Gasteiger partial charge in [0.25, 0.3) is 0 Å². The van der Waals surface area contributed by atoms with E-state index in [0.29, 0.717) is 11.2 Å². The Kier molecular flexibility index (Phi) is 2.60. The van der Waals surface area contributed by atoms with Crippen molar-refractivity contribution in [2.24, 2.45) is 0 Å². The molecular formula is C11H11FN2O. The number of halogens is 1. The molecule has 2 rings (SSSR count). The maximum absolute atomic E-state index is 13.3. The van der Waals surface area contributed by atoms with Crippen molar-refractivity contribution in [1.82, 2.24) is 9.97 Å². The molecule has 0 aliphatic rings. The lowest BCUT2D eigenvalue weighted by molar-refractivity contribution is 0.176. The van der Waals surface area contributed by atoms with Crippen molar-refractivity contribution < 1.29 is 9.50 Å². The van der Waals surface area contributed by atoms with Crippen molar-refractivity contribution >= 4 is 11.0 Å². The van der Waals surface area contributed by atoms with Crippen LogP contribution in [0, 0.1) is 6.92 Å².